The number of likely N-dealkylation sites (tertiary alicyclic amines) is 1. The van der Waals surface area contributed by atoms with Gasteiger partial charge in [-0.2, -0.15) is 0 Å². The lowest BCUT2D eigenvalue weighted by Gasteiger charge is -2.47. The van der Waals surface area contributed by atoms with E-state index in [0.29, 0.717) is 24.9 Å². The highest BCUT2D eigenvalue weighted by atomic mass is 19.1. The smallest absolute Gasteiger partial charge is 0.160 e. The van der Waals surface area contributed by atoms with Gasteiger partial charge in [0, 0.05) is 43.0 Å². The largest absolute Gasteiger partial charge is 0.493 e. The van der Waals surface area contributed by atoms with Crippen LogP contribution in [-0.4, -0.2) is 41.6 Å². The number of hydrogen-bond donors (Lipinski definition) is 0. The van der Waals surface area contributed by atoms with Crippen molar-refractivity contribution in [2.24, 2.45) is 17.3 Å². The third-order valence-corrected chi connectivity index (χ3v) is 10.8. The molecule has 3 atom stereocenters. The number of alkyl halides is 1. The molecule has 230 valence electrons. The van der Waals surface area contributed by atoms with Gasteiger partial charge >= 0.3 is 0 Å². The van der Waals surface area contributed by atoms with Crippen molar-refractivity contribution < 1.29 is 23.0 Å². The lowest BCUT2D eigenvalue weighted by molar-refractivity contribution is -0.125. The summed E-state index contributed by atoms with van der Waals surface area (Å²) in [6, 6.07) is 10.6. The minimum absolute atomic E-state index is 0.167. The third kappa shape index (κ3) is 5.80. The number of ketones is 1. The molecule has 43 heavy (non-hydrogen) atoms. The first-order valence-electron chi connectivity index (χ1n) is 16.0. The molecule has 2 aromatic rings. The van der Waals surface area contributed by atoms with Crippen LogP contribution >= 0.6 is 0 Å². The van der Waals surface area contributed by atoms with E-state index in [9.17, 15) is 9.18 Å². The Bertz CT molecular complexity index is 1410. The highest BCUT2D eigenvalue weighted by Crippen LogP contribution is 2.58. The maximum Gasteiger partial charge on any atom is 0.160 e. The van der Waals surface area contributed by atoms with Crippen LogP contribution in [0.25, 0.3) is 11.1 Å². The Balaban J connectivity index is 1.12. The number of rotatable bonds is 10. The average molecular weight is 590 g/mol. The predicted molar refractivity (Wildman–Crippen MR) is 166 cm³/mol. The summed E-state index contributed by atoms with van der Waals surface area (Å²) in [5.41, 5.74) is 3.49. The summed E-state index contributed by atoms with van der Waals surface area (Å²) in [7, 11) is 0. The number of carbonyl (C=O) groups is 1. The Kier molecular flexibility index (Phi) is 7.81. The number of nitrogens with zero attached hydrogens (tertiary/aromatic N) is 1. The molecule has 2 heterocycles. The molecule has 0 bridgehead atoms. The fourth-order valence-electron chi connectivity index (χ4n) is 7.85. The van der Waals surface area contributed by atoms with Gasteiger partial charge in [-0.15, -0.1) is 0 Å². The van der Waals surface area contributed by atoms with E-state index < -0.39 is 5.67 Å². The van der Waals surface area contributed by atoms with Crippen molar-refractivity contribution in [3.05, 3.63) is 77.8 Å². The topological polar surface area (TPSA) is 38.8 Å². The average Bonchev–Trinajstić information content (AvgIpc) is 3.38. The molecule has 4 aliphatic rings. The lowest BCUT2D eigenvalue weighted by Crippen LogP contribution is -2.60. The van der Waals surface area contributed by atoms with Crippen molar-refractivity contribution in [1.29, 1.82) is 0 Å². The number of allylic oxidation sites excluding steroid dienone is 1. The van der Waals surface area contributed by atoms with Crippen molar-refractivity contribution in [3.63, 3.8) is 0 Å². The summed E-state index contributed by atoms with van der Waals surface area (Å²) in [6.07, 6.45) is 8.91. The van der Waals surface area contributed by atoms with Crippen molar-refractivity contribution in [2.45, 2.75) is 90.0 Å². The van der Waals surface area contributed by atoms with Crippen molar-refractivity contribution in [2.75, 3.05) is 19.7 Å². The van der Waals surface area contributed by atoms with E-state index in [1.165, 1.54) is 23.8 Å². The molecule has 2 aliphatic carbocycles. The molecule has 2 unspecified atom stereocenters. The minimum atomic E-state index is -1.24. The van der Waals surface area contributed by atoms with Crippen LogP contribution in [-0.2, 0) is 16.1 Å². The molecule has 2 aliphatic heterocycles. The summed E-state index contributed by atoms with van der Waals surface area (Å²) in [5, 5.41) is 0. The van der Waals surface area contributed by atoms with Gasteiger partial charge in [0.1, 0.15) is 22.8 Å². The fraction of sp³-hybridized carbons (Fsp3) is 0.541. The highest BCUT2D eigenvalue weighted by molar-refractivity contribution is 5.94. The van der Waals surface area contributed by atoms with Crippen LogP contribution < -0.4 is 4.74 Å². The zero-order valence-corrected chi connectivity index (χ0v) is 26.1. The molecule has 1 saturated heterocycles. The second-order valence-electron chi connectivity index (χ2n) is 14.1. The van der Waals surface area contributed by atoms with Crippen molar-refractivity contribution in [1.82, 2.24) is 4.90 Å². The standard InChI is InChI=1S/C37H45F2NO3/c1-6-33(41)35(4)14-12-26(13-15-35)24(3)28-18-37(43-21-28)22-40(23-37)20-25-16-30(31-19-36(31,5)39)34(32(17-25)42-7-2)27-8-10-29(38)11-9-27/h6,8-11,16-17,21,24,26,31H,1,7,12-15,18-20,22-23H2,2-5H3/t24-,26?,31?,35?,36?/m1/s1. The molecular formula is C37H45F2NO3. The first-order valence-corrected chi connectivity index (χ1v) is 16.0. The summed E-state index contributed by atoms with van der Waals surface area (Å²) >= 11 is 0. The van der Waals surface area contributed by atoms with Crippen molar-refractivity contribution >= 4 is 5.78 Å². The predicted octanol–water partition coefficient (Wildman–Crippen LogP) is 8.55. The zero-order valence-electron chi connectivity index (χ0n) is 26.1. The first-order chi connectivity index (χ1) is 20.5. The quantitative estimate of drug-likeness (QED) is 0.260. The Morgan fingerprint density at radius 2 is 1.86 bits per heavy atom. The Labute approximate surface area is 255 Å². The van der Waals surface area contributed by atoms with Crippen LogP contribution in [0.3, 0.4) is 0 Å². The van der Waals surface area contributed by atoms with Crippen LogP contribution in [0.15, 0.2) is 60.9 Å². The maximum atomic E-state index is 15.1. The second-order valence-corrected chi connectivity index (χ2v) is 14.1. The fourth-order valence-corrected chi connectivity index (χ4v) is 7.85. The van der Waals surface area contributed by atoms with E-state index in [1.54, 1.807) is 19.1 Å². The molecule has 0 aromatic heterocycles. The molecular weight excluding hydrogens is 544 g/mol. The van der Waals surface area contributed by atoms with Crippen molar-refractivity contribution in [3.8, 4) is 16.9 Å². The van der Waals surface area contributed by atoms with Gasteiger partial charge in [-0.25, -0.2) is 8.78 Å². The first kappa shape index (κ1) is 30.1. The monoisotopic (exact) mass is 589 g/mol. The van der Waals surface area contributed by atoms with Gasteiger partial charge in [-0.1, -0.05) is 38.6 Å². The summed E-state index contributed by atoms with van der Waals surface area (Å²) in [6.45, 7) is 14.6. The zero-order chi connectivity index (χ0) is 30.6. The summed E-state index contributed by atoms with van der Waals surface area (Å²) in [4.78, 5) is 14.7. The van der Waals surface area contributed by atoms with E-state index >= 15 is 4.39 Å². The number of hydrogen-bond acceptors (Lipinski definition) is 4. The van der Waals surface area contributed by atoms with Gasteiger partial charge in [-0.05, 0) is 104 Å². The third-order valence-electron chi connectivity index (χ3n) is 10.8. The minimum Gasteiger partial charge on any atom is -0.493 e. The summed E-state index contributed by atoms with van der Waals surface area (Å²) in [5.74, 6) is 1.43. The molecule has 0 radical (unpaired) electrons. The number of benzene rings is 2. The number of ether oxygens (including phenoxy) is 2. The van der Waals surface area contributed by atoms with Crippen LogP contribution in [0.5, 0.6) is 5.75 Å². The highest BCUT2D eigenvalue weighted by Gasteiger charge is 2.53. The Hall–Kier alpha value is -2.99. The van der Waals surface area contributed by atoms with Gasteiger partial charge in [0.2, 0.25) is 0 Å². The second kappa shape index (κ2) is 11.2. The van der Waals surface area contributed by atoms with Gasteiger partial charge in [0.25, 0.3) is 0 Å². The number of halogens is 2. The summed E-state index contributed by atoms with van der Waals surface area (Å²) < 4.78 is 41.3. The maximum absolute atomic E-state index is 15.1. The van der Waals surface area contributed by atoms with Gasteiger partial charge in [-0.3, -0.25) is 9.69 Å². The van der Waals surface area contributed by atoms with Crippen LogP contribution in [0, 0.1) is 23.1 Å². The Morgan fingerprint density at radius 1 is 1.19 bits per heavy atom. The molecule has 2 saturated carbocycles. The normalized spacial score (nSPS) is 30.2. The van der Waals surface area contributed by atoms with Crippen LogP contribution in [0.2, 0.25) is 0 Å². The van der Waals surface area contributed by atoms with E-state index in [0.717, 1.165) is 79.7 Å². The molecule has 2 aromatic carbocycles. The number of carbonyl (C=O) groups excluding carboxylic acids is 1. The molecule has 1 spiro atoms. The molecule has 6 heteroatoms. The van der Waals surface area contributed by atoms with Crippen LogP contribution in [0.1, 0.15) is 83.3 Å². The van der Waals surface area contributed by atoms with E-state index in [-0.39, 0.29) is 28.5 Å². The molecule has 6 rings (SSSR count). The van der Waals surface area contributed by atoms with Gasteiger partial charge in [0.15, 0.2) is 5.78 Å². The van der Waals surface area contributed by atoms with E-state index in [2.05, 4.69) is 37.5 Å². The van der Waals surface area contributed by atoms with E-state index in [1.807, 2.05) is 13.2 Å². The molecule has 4 nitrogen and oxygen atoms in total. The molecule has 3 fully saturated rings. The molecule has 0 N–H and O–H groups in total. The SMILES string of the molecule is C=CC(=O)C1(C)CCC([C@@H](C)C2=COC3(C2)CN(Cc2cc(OCC)c(-c4ccc(F)cc4)c(C4CC4(C)F)c2)C3)CC1. The van der Waals surface area contributed by atoms with E-state index in [4.69, 9.17) is 9.47 Å². The van der Waals surface area contributed by atoms with Gasteiger partial charge < -0.3 is 9.47 Å². The van der Waals surface area contributed by atoms with Gasteiger partial charge in [0.05, 0.1) is 12.9 Å². The van der Waals surface area contributed by atoms with Crippen LogP contribution in [0.4, 0.5) is 8.78 Å². The molecule has 0 amide bonds. The lowest BCUT2D eigenvalue weighted by atomic mass is 9.65. The Morgan fingerprint density at radius 3 is 2.47 bits per heavy atom.